The van der Waals surface area contributed by atoms with Crippen LogP contribution in [0, 0.1) is 0 Å². The van der Waals surface area contributed by atoms with Crippen LogP contribution in [0.4, 0.5) is 5.69 Å². The molecule has 5 nitrogen and oxygen atoms in total. The van der Waals surface area contributed by atoms with Crippen LogP contribution < -0.4 is 10.5 Å². The number of ether oxygens (including phenoxy) is 2. The van der Waals surface area contributed by atoms with E-state index in [1.807, 2.05) is 0 Å². The van der Waals surface area contributed by atoms with E-state index >= 15 is 0 Å². The van der Waals surface area contributed by atoms with Gasteiger partial charge in [0.15, 0.2) is 6.79 Å². The second-order valence-electron chi connectivity index (χ2n) is 2.61. The summed E-state index contributed by atoms with van der Waals surface area (Å²) in [7, 11) is 1.45. The Bertz CT molecular complexity index is 338. The van der Waals surface area contributed by atoms with Gasteiger partial charge in [-0.2, -0.15) is 0 Å². The fourth-order valence-electron chi connectivity index (χ4n) is 0.957. The van der Waals surface area contributed by atoms with Crippen molar-refractivity contribution in [2.45, 2.75) is 0 Å². The van der Waals surface area contributed by atoms with E-state index in [1.165, 1.54) is 25.3 Å². The Hall–Kier alpha value is -1.75. The lowest BCUT2D eigenvalue weighted by molar-refractivity contribution is 0.0484. The molecular formula is C9H11NO4. The summed E-state index contributed by atoms with van der Waals surface area (Å²) in [6.07, 6.45) is 0. The molecule has 1 rings (SSSR count). The summed E-state index contributed by atoms with van der Waals surface area (Å²) in [5.41, 5.74) is 6.00. The van der Waals surface area contributed by atoms with Gasteiger partial charge in [-0.1, -0.05) is 0 Å². The zero-order valence-corrected chi connectivity index (χ0v) is 7.69. The van der Waals surface area contributed by atoms with E-state index < -0.39 is 5.97 Å². The third kappa shape index (κ3) is 2.37. The van der Waals surface area contributed by atoms with Crippen LogP contribution in [0.5, 0.6) is 5.75 Å². The van der Waals surface area contributed by atoms with Crippen LogP contribution in [0.1, 0.15) is 10.4 Å². The average Bonchev–Trinajstić information content (AvgIpc) is 2.14. The van der Waals surface area contributed by atoms with E-state index in [1.54, 1.807) is 0 Å². The number of nitrogens with two attached hydrogens (primary N) is 1. The van der Waals surface area contributed by atoms with Crippen LogP contribution in [0.15, 0.2) is 18.2 Å². The Kier molecular flexibility index (Phi) is 3.30. The molecule has 1 aromatic rings. The molecule has 0 bridgehead atoms. The maximum Gasteiger partial charge on any atom is 0.339 e. The van der Waals surface area contributed by atoms with Crippen molar-refractivity contribution in [3.05, 3.63) is 23.8 Å². The van der Waals surface area contributed by atoms with Gasteiger partial charge in [0.1, 0.15) is 11.3 Å². The largest absolute Gasteiger partial charge is 0.478 e. The van der Waals surface area contributed by atoms with Crippen LogP contribution in [0.25, 0.3) is 0 Å². The molecule has 0 saturated carbocycles. The number of rotatable bonds is 4. The van der Waals surface area contributed by atoms with Crippen molar-refractivity contribution < 1.29 is 19.4 Å². The van der Waals surface area contributed by atoms with Gasteiger partial charge in [0.05, 0.1) is 0 Å². The number of hydrogen-bond acceptors (Lipinski definition) is 4. The molecule has 0 aliphatic rings. The lowest BCUT2D eigenvalue weighted by Gasteiger charge is -2.08. The zero-order valence-electron chi connectivity index (χ0n) is 7.69. The summed E-state index contributed by atoms with van der Waals surface area (Å²) in [5, 5.41) is 8.79. The number of aromatic carboxylic acids is 1. The summed E-state index contributed by atoms with van der Waals surface area (Å²) in [5.74, 6) is -0.851. The van der Waals surface area contributed by atoms with E-state index in [-0.39, 0.29) is 18.1 Å². The highest BCUT2D eigenvalue weighted by molar-refractivity contribution is 5.91. The first-order valence-electron chi connectivity index (χ1n) is 3.89. The minimum atomic E-state index is -1.06. The zero-order chi connectivity index (χ0) is 10.6. The maximum atomic E-state index is 10.7. The van der Waals surface area contributed by atoms with Crippen molar-refractivity contribution in [1.29, 1.82) is 0 Å². The fourth-order valence-corrected chi connectivity index (χ4v) is 0.957. The number of carbonyl (C=O) groups is 1. The van der Waals surface area contributed by atoms with Gasteiger partial charge in [0.2, 0.25) is 0 Å². The molecule has 0 aliphatic heterocycles. The lowest BCUT2D eigenvalue weighted by atomic mass is 10.2. The number of carboxylic acids is 1. The van der Waals surface area contributed by atoms with Crippen molar-refractivity contribution >= 4 is 11.7 Å². The Morgan fingerprint density at radius 3 is 2.86 bits per heavy atom. The lowest BCUT2D eigenvalue weighted by Crippen LogP contribution is -2.06. The van der Waals surface area contributed by atoms with Crippen molar-refractivity contribution in [3.63, 3.8) is 0 Å². The molecule has 3 N–H and O–H groups in total. The minimum Gasteiger partial charge on any atom is -0.478 e. The predicted molar refractivity (Wildman–Crippen MR) is 50.3 cm³/mol. The molecule has 0 saturated heterocycles. The van der Waals surface area contributed by atoms with Crippen molar-refractivity contribution in [2.24, 2.45) is 0 Å². The molecule has 5 heteroatoms. The normalized spacial score (nSPS) is 9.79. The van der Waals surface area contributed by atoms with Crippen LogP contribution >= 0.6 is 0 Å². The highest BCUT2D eigenvalue weighted by Crippen LogP contribution is 2.21. The van der Waals surface area contributed by atoms with Crippen LogP contribution in [-0.2, 0) is 4.74 Å². The van der Waals surface area contributed by atoms with Crippen LogP contribution in [0.2, 0.25) is 0 Å². The number of hydrogen-bond donors (Lipinski definition) is 2. The van der Waals surface area contributed by atoms with Gasteiger partial charge in [0.25, 0.3) is 0 Å². The molecule has 0 fully saturated rings. The third-order valence-electron chi connectivity index (χ3n) is 1.57. The second-order valence-corrected chi connectivity index (χ2v) is 2.61. The Morgan fingerprint density at radius 1 is 1.57 bits per heavy atom. The maximum absolute atomic E-state index is 10.7. The molecule has 1 aromatic carbocycles. The van der Waals surface area contributed by atoms with Gasteiger partial charge in [-0.3, -0.25) is 0 Å². The summed E-state index contributed by atoms with van der Waals surface area (Å²) in [6.45, 7) is -0.0102. The first-order chi connectivity index (χ1) is 6.65. The van der Waals surface area contributed by atoms with Gasteiger partial charge in [-0.05, 0) is 12.1 Å². The molecule has 0 heterocycles. The molecule has 0 spiro atoms. The highest BCUT2D eigenvalue weighted by Gasteiger charge is 2.10. The molecule has 0 amide bonds. The van der Waals surface area contributed by atoms with E-state index in [4.69, 9.17) is 15.6 Å². The van der Waals surface area contributed by atoms with E-state index in [9.17, 15) is 4.79 Å². The Balaban J connectivity index is 2.97. The predicted octanol–water partition coefficient (Wildman–Crippen LogP) is 0.950. The molecule has 14 heavy (non-hydrogen) atoms. The average molecular weight is 197 g/mol. The molecular weight excluding hydrogens is 186 g/mol. The second kappa shape index (κ2) is 4.48. The number of benzene rings is 1. The van der Waals surface area contributed by atoms with Crippen LogP contribution in [-0.4, -0.2) is 25.0 Å². The van der Waals surface area contributed by atoms with Gasteiger partial charge in [0, 0.05) is 18.9 Å². The van der Waals surface area contributed by atoms with Crippen molar-refractivity contribution in [3.8, 4) is 5.75 Å². The molecule has 0 radical (unpaired) electrons. The van der Waals surface area contributed by atoms with Gasteiger partial charge in [-0.15, -0.1) is 0 Å². The highest BCUT2D eigenvalue weighted by atomic mass is 16.7. The quantitative estimate of drug-likeness (QED) is 0.554. The number of methoxy groups -OCH3 is 1. The Morgan fingerprint density at radius 2 is 2.29 bits per heavy atom. The molecule has 0 unspecified atom stereocenters. The summed E-state index contributed by atoms with van der Waals surface area (Å²) >= 11 is 0. The van der Waals surface area contributed by atoms with Crippen molar-refractivity contribution in [2.75, 3.05) is 19.6 Å². The van der Waals surface area contributed by atoms with E-state index in [0.717, 1.165) is 0 Å². The molecule has 76 valence electrons. The third-order valence-corrected chi connectivity index (χ3v) is 1.57. The van der Waals surface area contributed by atoms with E-state index in [2.05, 4.69) is 4.74 Å². The molecule has 0 aliphatic carbocycles. The van der Waals surface area contributed by atoms with Gasteiger partial charge in [-0.25, -0.2) is 4.79 Å². The van der Waals surface area contributed by atoms with E-state index in [0.29, 0.717) is 5.69 Å². The standard InChI is InChI=1S/C9H11NO4/c1-13-5-14-8-4-6(10)2-3-7(8)9(11)12/h2-4H,5,10H2,1H3,(H,11,12). The smallest absolute Gasteiger partial charge is 0.339 e. The minimum absolute atomic E-state index is 0.0102. The summed E-state index contributed by atoms with van der Waals surface area (Å²) < 4.78 is 9.71. The SMILES string of the molecule is COCOc1cc(N)ccc1C(=O)O. The molecule has 0 aromatic heterocycles. The van der Waals surface area contributed by atoms with Crippen molar-refractivity contribution in [1.82, 2.24) is 0 Å². The fraction of sp³-hybridized carbons (Fsp3) is 0.222. The monoisotopic (exact) mass is 197 g/mol. The Labute approximate surface area is 81.0 Å². The van der Waals surface area contributed by atoms with Crippen LogP contribution in [0.3, 0.4) is 0 Å². The van der Waals surface area contributed by atoms with Gasteiger partial charge < -0.3 is 20.3 Å². The summed E-state index contributed by atoms with van der Waals surface area (Å²) in [6, 6.07) is 4.34. The number of carboxylic acid groups (broad SMARTS) is 1. The first-order valence-corrected chi connectivity index (χ1v) is 3.89. The first kappa shape index (κ1) is 10.3. The van der Waals surface area contributed by atoms with Gasteiger partial charge >= 0.3 is 5.97 Å². The summed E-state index contributed by atoms with van der Waals surface area (Å²) in [4.78, 5) is 10.7. The molecule has 0 atom stereocenters. The number of anilines is 1. The topological polar surface area (TPSA) is 81.8 Å². The number of nitrogen functional groups attached to an aromatic ring is 1.